The van der Waals surface area contributed by atoms with Gasteiger partial charge in [-0.3, -0.25) is 0 Å². The summed E-state index contributed by atoms with van der Waals surface area (Å²) in [6.07, 6.45) is 0. The topological polar surface area (TPSA) is 0 Å². The Morgan fingerprint density at radius 2 is 0.667 bits per heavy atom. The SMILES string of the molecule is [B][B].[Fe].[Fe].[Nd].[Nd]. The van der Waals surface area contributed by atoms with Gasteiger partial charge >= 0.3 is 0 Å². The van der Waals surface area contributed by atoms with Gasteiger partial charge in [-0.1, -0.05) is 0 Å². The quantitative estimate of drug-likeness (QED) is 0.451. The molecule has 30 valence electrons. The van der Waals surface area contributed by atoms with Crippen LogP contribution in [0.4, 0.5) is 0 Å². The predicted octanol–water partition coefficient (Wildman–Crippen LogP) is -0.767. The van der Waals surface area contributed by atoms with Gasteiger partial charge < -0.3 is 0 Å². The second kappa shape index (κ2) is 36.7. The van der Waals surface area contributed by atoms with Crippen LogP contribution in [0.2, 0.25) is 0 Å². The first-order valence-electron chi connectivity index (χ1n) is 0.333. The van der Waals surface area contributed by atoms with Crippen LogP contribution in [0.3, 0.4) is 0 Å². The predicted molar refractivity (Wildman–Crippen MR) is 11.5 cm³/mol. The van der Waals surface area contributed by atoms with E-state index in [1.165, 1.54) is 0 Å². The molecule has 0 saturated heterocycles. The summed E-state index contributed by atoms with van der Waals surface area (Å²) in [5.41, 5.74) is 0. The molecule has 0 bridgehead atoms. The Morgan fingerprint density at radius 1 is 0.667 bits per heavy atom. The van der Waals surface area contributed by atoms with Crippen molar-refractivity contribution in [1.29, 1.82) is 0 Å². The van der Waals surface area contributed by atoms with Crippen LogP contribution in [-0.2, 0) is 34.1 Å². The van der Waals surface area contributed by atoms with E-state index in [2.05, 4.69) is 15.5 Å². The summed E-state index contributed by atoms with van der Waals surface area (Å²) in [5, 5.41) is 0. The number of hydrogen-bond acceptors (Lipinski definition) is 0. The fraction of sp³-hybridized carbons (Fsp3) is 0. The van der Waals surface area contributed by atoms with Crippen molar-refractivity contribution in [2.45, 2.75) is 0 Å². The maximum absolute atomic E-state index is 4.00. The van der Waals surface area contributed by atoms with Crippen LogP contribution in [0.5, 0.6) is 0 Å². The van der Waals surface area contributed by atoms with E-state index < -0.39 is 0 Å². The van der Waals surface area contributed by atoms with E-state index in [0.717, 1.165) is 0 Å². The monoisotopic (exact) mass is 418 g/mol. The summed E-state index contributed by atoms with van der Waals surface area (Å²) in [7, 11) is 8.00. The molecule has 0 saturated carbocycles. The minimum absolute atomic E-state index is 0. The standard InChI is InChI=1S/B2.2Fe.2Nd/c1-2;;;;. The van der Waals surface area contributed by atoms with E-state index in [9.17, 15) is 0 Å². The van der Waals surface area contributed by atoms with Crippen molar-refractivity contribution in [3.8, 4) is 0 Å². The molecule has 0 rings (SSSR count). The molecule has 0 N–H and O–H groups in total. The van der Waals surface area contributed by atoms with Crippen LogP contribution in [0.25, 0.3) is 0 Å². The van der Waals surface area contributed by atoms with Crippen molar-refractivity contribution in [3.05, 3.63) is 0 Å². The third kappa shape index (κ3) is 24.8. The third-order valence-electron chi connectivity index (χ3n) is 0. The molecule has 0 amide bonds. The van der Waals surface area contributed by atoms with Crippen LogP contribution < -0.4 is 0 Å². The molecule has 0 aromatic carbocycles. The molecule has 0 aliphatic carbocycles. The molecule has 0 atom stereocenters. The van der Waals surface area contributed by atoms with Gasteiger partial charge in [0.1, 0.15) is 0 Å². The van der Waals surface area contributed by atoms with Crippen molar-refractivity contribution >= 4 is 15.5 Å². The molecule has 0 aromatic rings. The number of hydrogen-bond donors (Lipinski definition) is 0. The van der Waals surface area contributed by atoms with E-state index >= 15 is 0 Å². The molecule has 0 aromatic heterocycles. The van der Waals surface area contributed by atoms with Crippen molar-refractivity contribution in [3.63, 3.8) is 0 Å². The summed E-state index contributed by atoms with van der Waals surface area (Å²) in [4.78, 5) is 0. The first-order valence-corrected chi connectivity index (χ1v) is 0.333. The normalized spacial score (nSPS) is 0.667. The fourth-order valence-electron chi connectivity index (χ4n) is 0. The molecular formula is B2Fe2Nd2. The average molecular weight is 422 g/mol. The number of rotatable bonds is 0. The van der Waals surface area contributed by atoms with E-state index in [4.69, 9.17) is 0 Å². The zero-order valence-electron chi connectivity index (χ0n) is 2.86. The van der Waals surface area contributed by atoms with E-state index in [1.807, 2.05) is 0 Å². The Bertz CT molecular complexity index is 9.51. The van der Waals surface area contributed by atoms with Crippen molar-refractivity contribution in [2.24, 2.45) is 0 Å². The maximum atomic E-state index is 4.00. The van der Waals surface area contributed by atoms with E-state index in [-0.39, 0.29) is 116 Å². The summed E-state index contributed by atoms with van der Waals surface area (Å²) < 4.78 is 0. The van der Waals surface area contributed by atoms with Gasteiger partial charge in [-0.2, -0.15) is 0 Å². The van der Waals surface area contributed by atoms with Gasteiger partial charge in [-0.05, 0) is 0 Å². The van der Waals surface area contributed by atoms with Crippen LogP contribution in [-0.4, -0.2) is 15.5 Å². The Balaban J connectivity index is -0.000000000833. The van der Waals surface area contributed by atoms with Gasteiger partial charge in [0.05, 0.1) is 0 Å². The molecule has 4 radical (unpaired) electrons. The first kappa shape index (κ1) is 32.7. The molecular weight excluding hydrogens is 422 g/mol. The summed E-state index contributed by atoms with van der Waals surface area (Å²) >= 11 is 0. The smallest absolute Gasteiger partial charge is 0 e. The fourth-order valence-corrected chi connectivity index (χ4v) is 0. The van der Waals surface area contributed by atoms with Gasteiger partial charge in [0.15, 0.2) is 0 Å². The summed E-state index contributed by atoms with van der Waals surface area (Å²) in [5.74, 6) is 0. The Labute approximate surface area is 128 Å². The molecule has 0 aliphatic rings. The summed E-state index contributed by atoms with van der Waals surface area (Å²) in [6.45, 7) is 0. The first-order chi connectivity index (χ1) is 1.00. The minimum Gasteiger partial charge on any atom is 0 e. The Morgan fingerprint density at radius 3 is 0.667 bits per heavy atom. The van der Waals surface area contributed by atoms with Crippen molar-refractivity contribution in [1.82, 2.24) is 0 Å². The zero-order valence-corrected chi connectivity index (χ0v) is 11.5. The largest absolute Gasteiger partial charge is 0 e. The van der Waals surface area contributed by atoms with Gasteiger partial charge in [0.25, 0.3) is 0 Å². The minimum atomic E-state index is 0. The molecule has 6 heavy (non-hydrogen) atoms. The van der Waals surface area contributed by atoms with E-state index in [1.54, 1.807) is 0 Å². The van der Waals surface area contributed by atoms with Crippen molar-refractivity contribution in [2.75, 3.05) is 0 Å². The molecule has 0 heterocycles. The van der Waals surface area contributed by atoms with Crippen LogP contribution in [0, 0.1) is 81.7 Å². The summed E-state index contributed by atoms with van der Waals surface area (Å²) in [6, 6.07) is 0. The molecule has 0 spiro atoms. The molecule has 6 heteroatoms. The van der Waals surface area contributed by atoms with Crippen LogP contribution in [0.1, 0.15) is 0 Å². The second-order valence-corrected chi connectivity index (χ2v) is 0. The van der Waals surface area contributed by atoms with Crippen molar-refractivity contribution < 1.29 is 116 Å². The second-order valence-electron chi connectivity index (χ2n) is 0. The van der Waals surface area contributed by atoms with Gasteiger partial charge in [-0.15, -0.1) is 0 Å². The maximum Gasteiger partial charge on any atom is 0 e. The van der Waals surface area contributed by atoms with Gasteiger partial charge in [0.2, 0.25) is 0 Å². The van der Waals surface area contributed by atoms with Gasteiger partial charge in [-0.25, -0.2) is 0 Å². The van der Waals surface area contributed by atoms with Gasteiger partial charge in [0, 0.05) is 131 Å². The van der Waals surface area contributed by atoms with E-state index in [0.29, 0.717) is 0 Å². The average Bonchev–Trinajstić information content (AvgIpc) is 1.00. The molecule has 0 aliphatic heterocycles. The Hall–Kier alpha value is 3.87. The van der Waals surface area contributed by atoms with Crippen LogP contribution >= 0.6 is 0 Å². The molecule has 0 fully saturated rings. The van der Waals surface area contributed by atoms with Crippen LogP contribution in [0.15, 0.2) is 0 Å². The molecule has 0 unspecified atom stereocenters. The Kier molecular flexibility index (Phi) is 200. The molecule has 0 nitrogen and oxygen atoms in total. The third-order valence-corrected chi connectivity index (χ3v) is 0. The zero-order chi connectivity index (χ0) is 2.00.